The van der Waals surface area contributed by atoms with Gasteiger partial charge in [0, 0.05) is 30.4 Å². The molecule has 0 amide bonds. The Morgan fingerprint density at radius 3 is 2.58 bits per heavy atom. The highest BCUT2D eigenvalue weighted by molar-refractivity contribution is 5.39. The van der Waals surface area contributed by atoms with Gasteiger partial charge in [0.1, 0.15) is 5.75 Å². The minimum Gasteiger partial charge on any atom is -0.439 e. The minimum absolute atomic E-state index is 0.0236. The monoisotopic (exact) mass is 259 g/mol. The molecule has 2 aromatic rings. The molecule has 2 N–H and O–H groups in total. The molecule has 0 fully saturated rings. The SMILES string of the molecule is Cc1cc(CN)cnc1Oc1ccc([N+](=O)[O-])cc1. The van der Waals surface area contributed by atoms with Crippen LogP contribution in [0.4, 0.5) is 5.69 Å². The van der Waals surface area contributed by atoms with Gasteiger partial charge in [-0.3, -0.25) is 10.1 Å². The smallest absolute Gasteiger partial charge is 0.269 e. The average molecular weight is 259 g/mol. The van der Waals surface area contributed by atoms with Crippen molar-refractivity contribution in [1.29, 1.82) is 0 Å². The number of benzene rings is 1. The van der Waals surface area contributed by atoms with E-state index in [2.05, 4.69) is 4.98 Å². The zero-order chi connectivity index (χ0) is 13.8. The van der Waals surface area contributed by atoms with E-state index in [1.165, 1.54) is 24.3 Å². The largest absolute Gasteiger partial charge is 0.439 e. The molecule has 19 heavy (non-hydrogen) atoms. The van der Waals surface area contributed by atoms with E-state index in [0.717, 1.165) is 11.1 Å². The summed E-state index contributed by atoms with van der Waals surface area (Å²) in [6.45, 7) is 2.29. The molecular weight excluding hydrogens is 246 g/mol. The Kier molecular flexibility index (Phi) is 3.72. The Labute approximate surface area is 110 Å². The zero-order valence-electron chi connectivity index (χ0n) is 10.4. The predicted molar refractivity (Wildman–Crippen MR) is 70.0 cm³/mol. The summed E-state index contributed by atoms with van der Waals surface area (Å²) < 4.78 is 5.57. The van der Waals surface area contributed by atoms with Crippen LogP contribution in [0.15, 0.2) is 36.5 Å². The Morgan fingerprint density at radius 1 is 1.37 bits per heavy atom. The van der Waals surface area contributed by atoms with Crippen LogP contribution in [-0.4, -0.2) is 9.91 Å². The highest BCUT2D eigenvalue weighted by Crippen LogP contribution is 2.25. The van der Waals surface area contributed by atoms with Gasteiger partial charge in [-0.15, -0.1) is 0 Å². The van der Waals surface area contributed by atoms with E-state index < -0.39 is 4.92 Å². The molecule has 0 radical (unpaired) electrons. The van der Waals surface area contributed by atoms with Gasteiger partial charge < -0.3 is 10.5 Å². The molecule has 0 saturated carbocycles. The quantitative estimate of drug-likeness (QED) is 0.673. The second-order valence-corrected chi connectivity index (χ2v) is 4.02. The van der Waals surface area contributed by atoms with Crippen molar-refractivity contribution in [3.8, 4) is 11.6 Å². The lowest BCUT2D eigenvalue weighted by Crippen LogP contribution is -1.99. The van der Waals surface area contributed by atoms with Crippen molar-refractivity contribution in [2.45, 2.75) is 13.5 Å². The Balaban J connectivity index is 2.19. The van der Waals surface area contributed by atoms with Crippen LogP contribution in [-0.2, 0) is 6.54 Å². The molecule has 0 atom stereocenters. The van der Waals surface area contributed by atoms with Crippen molar-refractivity contribution in [3.05, 3.63) is 57.8 Å². The number of hydrogen-bond acceptors (Lipinski definition) is 5. The summed E-state index contributed by atoms with van der Waals surface area (Å²) in [5.41, 5.74) is 7.33. The number of nitrogens with two attached hydrogens (primary N) is 1. The van der Waals surface area contributed by atoms with Crippen LogP contribution in [0.2, 0.25) is 0 Å². The summed E-state index contributed by atoms with van der Waals surface area (Å²) >= 11 is 0. The molecule has 98 valence electrons. The summed E-state index contributed by atoms with van der Waals surface area (Å²) in [6, 6.07) is 7.75. The van der Waals surface area contributed by atoms with Crippen molar-refractivity contribution < 1.29 is 9.66 Å². The predicted octanol–water partition coefficient (Wildman–Crippen LogP) is 2.55. The number of nitro benzene ring substituents is 1. The summed E-state index contributed by atoms with van der Waals surface area (Å²) in [5.74, 6) is 0.966. The number of rotatable bonds is 4. The third kappa shape index (κ3) is 3.05. The molecule has 1 aromatic carbocycles. The van der Waals surface area contributed by atoms with E-state index in [9.17, 15) is 10.1 Å². The van der Waals surface area contributed by atoms with Crippen molar-refractivity contribution in [2.75, 3.05) is 0 Å². The molecule has 0 saturated heterocycles. The number of hydrogen-bond donors (Lipinski definition) is 1. The van der Waals surface area contributed by atoms with Gasteiger partial charge in [-0.2, -0.15) is 0 Å². The normalized spacial score (nSPS) is 10.2. The topological polar surface area (TPSA) is 91.3 Å². The fourth-order valence-corrected chi connectivity index (χ4v) is 1.59. The first-order valence-electron chi connectivity index (χ1n) is 5.68. The summed E-state index contributed by atoms with van der Waals surface area (Å²) in [7, 11) is 0. The van der Waals surface area contributed by atoms with Crippen LogP contribution in [0.3, 0.4) is 0 Å². The Morgan fingerprint density at radius 2 is 2.05 bits per heavy atom. The number of nitro groups is 1. The van der Waals surface area contributed by atoms with Crippen LogP contribution >= 0.6 is 0 Å². The molecular formula is C13H13N3O3. The van der Waals surface area contributed by atoms with E-state index in [-0.39, 0.29) is 5.69 Å². The Bertz CT molecular complexity index is 597. The first kappa shape index (κ1) is 13.0. The number of pyridine rings is 1. The number of nitrogens with zero attached hydrogens (tertiary/aromatic N) is 2. The lowest BCUT2D eigenvalue weighted by Gasteiger charge is -2.08. The van der Waals surface area contributed by atoms with E-state index in [0.29, 0.717) is 18.2 Å². The minimum atomic E-state index is -0.455. The number of non-ortho nitro benzene ring substituents is 1. The molecule has 0 spiro atoms. The maximum absolute atomic E-state index is 10.5. The molecule has 2 rings (SSSR count). The van der Waals surface area contributed by atoms with E-state index >= 15 is 0 Å². The molecule has 0 bridgehead atoms. The van der Waals surface area contributed by atoms with Gasteiger partial charge in [-0.05, 0) is 30.7 Å². The van der Waals surface area contributed by atoms with Crippen LogP contribution in [0.1, 0.15) is 11.1 Å². The molecule has 1 heterocycles. The number of aryl methyl sites for hydroxylation is 1. The van der Waals surface area contributed by atoms with Gasteiger partial charge in [0.05, 0.1) is 4.92 Å². The maximum atomic E-state index is 10.5. The molecule has 6 heteroatoms. The maximum Gasteiger partial charge on any atom is 0.269 e. The van der Waals surface area contributed by atoms with Crippen molar-refractivity contribution in [3.63, 3.8) is 0 Å². The van der Waals surface area contributed by atoms with Crippen LogP contribution in [0.5, 0.6) is 11.6 Å². The Hall–Kier alpha value is -2.47. The number of ether oxygens (including phenoxy) is 1. The van der Waals surface area contributed by atoms with E-state index in [4.69, 9.17) is 10.5 Å². The molecule has 0 aliphatic rings. The fraction of sp³-hybridized carbons (Fsp3) is 0.154. The third-order valence-electron chi connectivity index (χ3n) is 2.58. The van der Waals surface area contributed by atoms with Crippen LogP contribution < -0.4 is 10.5 Å². The summed E-state index contributed by atoms with van der Waals surface area (Å²) in [4.78, 5) is 14.2. The number of aromatic nitrogens is 1. The van der Waals surface area contributed by atoms with Gasteiger partial charge in [0.25, 0.3) is 5.69 Å². The zero-order valence-corrected chi connectivity index (χ0v) is 10.4. The molecule has 0 unspecified atom stereocenters. The fourth-order valence-electron chi connectivity index (χ4n) is 1.59. The second-order valence-electron chi connectivity index (χ2n) is 4.02. The van der Waals surface area contributed by atoms with Crippen LogP contribution in [0, 0.1) is 17.0 Å². The highest BCUT2D eigenvalue weighted by Gasteiger charge is 2.07. The standard InChI is InChI=1S/C13H13N3O3/c1-9-6-10(7-14)8-15-13(9)19-12-4-2-11(3-5-12)16(17)18/h2-6,8H,7,14H2,1H3. The van der Waals surface area contributed by atoms with Gasteiger partial charge in [0.2, 0.25) is 5.88 Å². The lowest BCUT2D eigenvalue weighted by atomic mass is 10.2. The van der Waals surface area contributed by atoms with E-state index in [1.54, 1.807) is 6.20 Å². The lowest BCUT2D eigenvalue weighted by molar-refractivity contribution is -0.384. The summed E-state index contributed by atoms with van der Waals surface area (Å²) in [5, 5.41) is 10.5. The highest BCUT2D eigenvalue weighted by atomic mass is 16.6. The molecule has 6 nitrogen and oxygen atoms in total. The third-order valence-corrected chi connectivity index (χ3v) is 2.58. The van der Waals surface area contributed by atoms with E-state index in [1.807, 2.05) is 13.0 Å². The van der Waals surface area contributed by atoms with Crippen LogP contribution in [0.25, 0.3) is 0 Å². The van der Waals surface area contributed by atoms with Gasteiger partial charge in [0.15, 0.2) is 0 Å². The molecule has 0 aliphatic heterocycles. The van der Waals surface area contributed by atoms with Crippen molar-refractivity contribution >= 4 is 5.69 Å². The summed E-state index contributed by atoms with van der Waals surface area (Å²) in [6.07, 6.45) is 1.65. The average Bonchev–Trinajstić information content (AvgIpc) is 2.41. The first-order valence-corrected chi connectivity index (χ1v) is 5.68. The van der Waals surface area contributed by atoms with Gasteiger partial charge in [-0.1, -0.05) is 0 Å². The second kappa shape index (κ2) is 5.45. The first-order chi connectivity index (χ1) is 9.10. The van der Waals surface area contributed by atoms with Crippen molar-refractivity contribution in [1.82, 2.24) is 4.98 Å². The van der Waals surface area contributed by atoms with Gasteiger partial charge in [-0.25, -0.2) is 4.98 Å². The van der Waals surface area contributed by atoms with Crippen molar-refractivity contribution in [2.24, 2.45) is 5.73 Å². The molecule has 1 aromatic heterocycles. The molecule has 0 aliphatic carbocycles. The van der Waals surface area contributed by atoms with Gasteiger partial charge >= 0.3 is 0 Å².